The van der Waals surface area contributed by atoms with E-state index in [1.54, 1.807) is 18.2 Å². The van der Waals surface area contributed by atoms with Crippen LogP contribution >= 0.6 is 23.2 Å². The van der Waals surface area contributed by atoms with E-state index in [1.165, 1.54) is 6.07 Å². The smallest absolute Gasteiger partial charge is 0.326 e. The Balaban J connectivity index is 1.81. The Morgan fingerprint density at radius 3 is 2.29 bits per heavy atom. The number of carboxylic acid groups (broad SMARTS) is 1. The van der Waals surface area contributed by atoms with Gasteiger partial charge in [-0.25, -0.2) is 13.6 Å². The average Bonchev–Trinajstić information content (AvgIpc) is 2.98. The lowest BCUT2D eigenvalue weighted by molar-refractivity contribution is -0.147. The highest BCUT2D eigenvalue weighted by atomic mass is 35.5. The molecule has 1 aliphatic heterocycles. The number of nitrogens with zero attached hydrogens (tertiary/aromatic N) is 1. The first-order chi connectivity index (χ1) is 13.3. The van der Waals surface area contributed by atoms with Crippen LogP contribution in [0.4, 0.5) is 8.78 Å². The molecule has 1 heterocycles. The summed E-state index contributed by atoms with van der Waals surface area (Å²) in [6, 6.07) is 6.61. The third kappa shape index (κ3) is 4.10. The number of aliphatic carboxylic acids is 1. The Kier molecular flexibility index (Phi) is 5.86. The van der Waals surface area contributed by atoms with Gasteiger partial charge >= 0.3 is 5.97 Å². The second-order valence-electron chi connectivity index (χ2n) is 5.99. The lowest BCUT2D eigenvalue weighted by atomic mass is 10.0. The minimum absolute atomic E-state index is 0.0782. The Morgan fingerprint density at radius 2 is 1.71 bits per heavy atom. The molecule has 3 rings (SSSR count). The minimum atomic E-state index is -1.30. The molecular weight excluding hydrogens is 415 g/mol. The first-order valence-electron chi connectivity index (χ1n) is 8.06. The van der Waals surface area contributed by atoms with Gasteiger partial charge in [-0.3, -0.25) is 4.79 Å². The highest BCUT2D eigenvalue weighted by molar-refractivity contribution is 6.36. The normalized spacial score (nSPS) is 14.8. The molecular formula is C19H13Cl2F2NO4. The van der Waals surface area contributed by atoms with Gasteiger partial charge in [-0.2, -0.15) is 0 Å². The molecule has 1 aliphatic rings. The van der Waals surface area contributed by atoms with Gasteiger partial charge in [0.1, 0.15) is 11.8 Å². The van der Waals surface area contributed by atoms with E-state index in [9.17, 15) is 23.5 Å². The summed E-state index contributed by atoms with van der Waals surface area (Å²) >= 11 is 12.2. The highest BCUT2D eigenvalue weighted by Crippen LogP contribution is 2.29. The van der Waals surface area contributed by atoms with E-state index in [4.69, 9.17) is 27.9 Å². The molecule has 146 valence electrons. The zero-order valence-corrected chi connectivity index (χ0v) is 15.7. The Bertz CT molecular complexity index is 940. The zero-order chi connectivity index (χ0) is 20.4. The molecule has 2 aromatic rings. The van der Waals surface area contributed by atoms with Crippen LogP contribution in [-0.4, -0.2) is 34.5 Å². The number of rotatable bonds is 6. The summed E-state index contributed by atoms with van der Waals surface area (Å²) in [5.74, 6) is -4.57. The maximum Gasteiger partial charge on any atom is 0.326 e. The van der Waals surface area contributed by atoms with Crippen molar-refractivity contribution in [2.75, 3.05) is 6.54 Å². The standard InChI is InChI=1S/C19H13Cl2F2NO4/c20-12-3-1-4-13(21)11(12)8-16(19(26)27)24-9-10(7-17(24)25)28-18-14(22)5-2-6-15(18)23/h1-7,16H,8-9H2,(H,26,27). The summed E-state index contributed by atoms with van der Waals surface area (Å²) in [7, 11) is 0. The first kappa shape index (κ1) is 20.1. The molecule has 1 N–H and O–H groups in total. The lowest BCUT2D eigenvalue weighted by Crippen LogP contribution is -2.44. The predicted octanol–water partition coefficient (Wildman–Crippen LogP) is 4.07. The van der Waals surface area contributed by atoms with Crippen molar-refractivity contribution in [2.24, 2.45) is 0 Å². The number of halogens is 4. The number of hydrogen-bond donors (Lipinski definition) is 1. The average molecular weight is 428 g/mol. The molecule has 0 aliphatic carbocycles. The van der Waals surface area contributed by atoms with E-state index < -0.39 is 35.3 Å². The molecule has 0 bridgehead atoms. The first-order valence-corrected chi connectivity index (χ1v) is 8.82. The van der Waals surface area contributed by atoms with Crippen molar-refractivity contribution < 1.29 is 28.2 Å². The maximum atomic E-state index is 13.7. The van der Waals surface area contributed by atoms with Gasteiger partial charge in [-0.1, -0.05) is 35.3 Å². The molecule has 1 unspecified atom stereocenters. The van der Waals surface area contributed by atoms with Crippen molar-refractivity contribution in [2.45, 2.75) is 12.5 Å². The lowest BCUT2D eigenvalue weighted by Gasteiger charge is -2.25. The number of carbonyl (C=O) groups is 2. The molecule has 0 saturated carbocycles. The van der Waals surface area contributed by atoms with Gasteiger partial charge in [0, 0.05) is 22.5 Å². The van der Waals surface area contributed by atoms with E-state index in [0.29, 0.717) is 5.56 Å². The number of hydrogen-bond acceptors (Lipinski definition) is 3. The summed E-state index contributed by atoms with van der Waals surface area (Å²) in [5.41, 5.74) is 0.376. The van der Waals surface area contributed by atoms with Crippen molar-refractivity contribution in [1.29, 1.82) is 0 Å². The van der Waals surface area contributed by atoms with E-state index in [-0.39, 0.29) is 28.8 Å². The van der Waals surface area contributed by atoms with Crippen molar-refractivity contribution in [1.82, 2.24) is 4.90 Å². The van der Waals surface area contributed by atoms with Gasteiger partial charge in [0.15, 0.2) is 17.4 Å². The van der Waals surface area contributed by atoms with Crippen LogP contribution in [0.5, 0.6) is 5.75 Å². The third-order valence-electron chi connectivity index (χ3n) is 4.17. The maximum absolute atomic E-state index is 13.7. The van der Waals surface area contributed by atoms with Gasteiger partial charge in [-0.05, 0) is 29.8 Å². The highest BCUT2D eigenvalue weighted by Gasteiger charge is 2.35. The van der Waals surface area contributed by atoms with Crippen LogP contribution in [0.3, 0.4) is 0 Å². The summed E-state index contributed by atoms with van der Waals surface area (Å²) in [5, 5.41) is 10.1. The van der Waals surface area contributed by atoms with Crippen LogP contribution in [0.25, 0.3) is 0 Å². The molecule has 0 saturated heterocycles. The summed E-state index contributed by atoms with van der Waals surface area (Å²) in [4.78, 5) is 25.1. The number of ether oxygens (including phenoxy) is 1. The van der Waals surface area contributed by atoms with Crippen LogP contribution in [0, 0.1) is 11.6 Å². The van der Waals surface area contributed by atoms with Crippen LogP contribution in [0.2, 0.25) is 10.0 Å². The number of carboxylic acids is 1. The minimum Gasteiger partial charge on any atom is -0.480 e. The fourth-order valence-electron chi connectivity index (χ4n) is 2.80. The van der Waals surface area contributed by atoms with Crippen molar-refractivity contribution in [3.8, 4) is 5.75 Å². The van der Waals surface area contributed by atoms with E-state index in [1.807, 2.05) is 0 Å². The number of para-hydroxylation sites is 1. The molecule has 5 nitrogen and oxygen atoms in total. The third-order valence-corrected chi connectivity index (χ3v) is 4.87. The summed E-state index contributed by atoms with van der Waals surface area (Å²) in [6.07, 6.45) is 0.852. The topological polar surface area (TPSA) is 66.8 Å². The van der Waals surface area contributed by atoms with Crippen LogP contribution in [0.1, 0.15) is 5.56 Å². The van der Waals surface area contributed by atoms with E-state index in [0.717, 1.165) is 23.1 Å². The quantitative estimate of drug-likeness (QED) is 0.754. The number of amides is 1. The Labute approximate surface area is 168 Å². The summed E-state index contributed by atoms with van der Waals surface area (Å²) in [6.45, 7) is -0.272. The van der Waals surface area contributed by atoms with E-state index in [2.05, 4.69) is 0 Å². The van der Waals surface area contributed by atoms with Crippen LogP contribution in [-0.2, 0) is 16.0 Å². The molecule has 0 spiro atoms. The Hall–Kier alpha value is -2.64. The number of benzene rings is 2. The van der Waals surface area contributed by atoms with Gasteiger partial charge < -0.3 is 14.7 Å². The van der Waals surface area contributed by atoms with Crippen molar-refractivity contribution in [3.05, 3.63) is 75.5 Å². The van der Waals surface area contributed by atoms with Gasteiger partial charge in [-0.15, -0.1) is 0 Å². The summed E-state index contributed by atoms with van der Waals surface area (Å²) < 4.78 is 32.7. The predicted molar refractivity (Wildman–Crippen MR) is 98.4 cm³/mol. The molecule has 2 aromatic carbocycles. The second kappa shape index (κ2) is 8.16. The molecule has 0 radical (unpaired) electrons. The molecule has 1 atom stereocenters. The largest absolute Gasteiger partial charge is 0.480 e. The molecule has 0 fully saturated rings. The molecule has 28 heavy (non-hydrogen) atoms. The zero-order valence-electron chi connectivity index (χ0n) is 14.2. The molecule has 0 aromatic heterocycles. The second-order valence-corrected chi connectivity index (χ2v) is 6.80. The Morgan fingerprint density at radius 1 is 1.14 bits per heavy atom. The van der Waals surface area contributed by atoms with Gasteiger partial charge in [0.05, 0.1) is 6.54 Å². The number of carbonyl (C=O) groups excluding carboxylic acids is 1. The monoisotopic (exact) mass is 427 g/mol. The van der Waals surface area contributed by atoms with Gasteiger partial charge in [0.2, 0.25) is 0 Å². The fourth-order valence-corrected chi connectivity index (χ4v) is 3.35. The fraction of sp³-hybridized carbons (Fsp3) is 0.158. The SMILES string of the molecule is O=C(O)C(Cc1c(Cl)cccc1Cl)N1CC(Oc2c(F)cccc2F)=CC1=O. The molecule has 1 amide bonds. The van der Waals surface area contributed by atoms with E-state index >= 15 is 0 Å². The molecule has 9 heteroatoms. The van der Waals surface area contributed by atoms with Crippen molar-refractivity contribution >= 4 is 35.1 Å². The van der Waals surface area contributed by atoms with Crippen LogP contribution < -0.4 is 4.74 Å². The van der Waals surface area contributed by atoms with Gasteiger partial charge in [0.25, 0.3) is 5.91 Å². The van der Waals surface area contributed by atoms with Crippen molar-refractivity contribution in [3.63, 3.8) is 0 Å². The van der Waals surface area contributed by atoms with Crippen LogP contribution in [0.15, 0.2) is 48.2 Å².